The third kappa shape index (κ3) is 3.43. The number of aromatic hydroxyl groups is 1. The molecule has 0 unspecified atom stereocenters. The monoisotopic (exact) mass is 375 g/mol. The van der Waals surface area contributed by atoms with Crippen LogP contribution in [0.3, 0.4) is 0 Å². The second kappa shape index (κ2) is 7.28. The molecule has 2 aromatic carbocycles. The van der Waals surface area contributed by atoms with Crippen molar-refractivity contribution in [2.45, 2.75) is 0 Å². The number of pyridine rings is 1. The number of nitrogens with zero attached hydrogens (tertiary/aromatic N) is 2. The average Bonchev–Trinajstić information content (AvgIpc) is 3.16. The van der Waals surface area contributed by atoms with E-state index in [1.165, 1.54) is 13.2 Å². The Morgan fingerprint density at radius 3 is 2.82 bits per heavy atom. The van der Waals surface area contributed by atoms with Crippen LogP contribution < -0.4 is 15.4 Å². The Labute approximate surface area is 160 Å². The molecule has 4 N–H and O–H groups in total. The maximum Gasteiger partial charge on any atom is 0.259 e. The van der Waals surface area contributed by atoms with E-state index >= 15 is 0 Å². The van der Waals surface area contributed by atoms with Crippen LogP contribution in [0.25, 0.3) is 10.9 Å². The Morgan fingerprint density at radius 2 is 2.00 bits per heavy atom. The number of ether oxygens (including phenoxy) is 1. The van der Waals surface area contributed by atoms with Gasteiger partial charge in [-0.15, -0.1) is 0 Å². The van der Waals surface area contributed by atoms with Gasteiger partial charge in [-0.25, -0.2) is 4.98 Å². The van der Waals surface area contributed by atoms with E-state index in [1.54, 1.807) is 36.7 Å². The maximum absolute atomic E-state index is 12.7. The lowest BCUT2D eigenvalue weighted by Crippen LogP contribution is -2.14. The zero-order valence-corrected chi connectivity index (χ0v) is 14.9. The van der Waals surface area contributed by atoms with Gasteiger partial charge in [-0.2, -0.15) is 5.10 Å². The summed E-state index contributed by atoms with van der Waals surface area (Å²) in [6, 6.07) is 13.7. The van der Waals surface area contributed by atoms with E-state index in [0.717, 1.165) is 16.6 Å². The molecule has 28 heavy (non-hydrogen) atoms. The highest BCUT2D eigenvalue weighted by atomic mass is 16.5. The van der Waals surface area contributed by atoms with E-state index in [4.69, 9.17) is 4.74 Å². The van der Waals surface area contributed by atoms with Gasteiger partial charge in [0.05, 0.1) is 24.4 Å². The second-order valence-electron chi connectivity index (χ2n) is 6.04. The van der Waals surface area contributed by atoms with Crippen LogP contribution in [0.5, 0.6) is 11.5 Å². The van der Waals surface area contributed by atoms with Crippen LogP contribution in [-0.4, -0.2) is 33.3 Å². The molecule has 2 heterocycles. The fourth-order valence-electron chi connectivity index (χ4n) is 2.81. The van der Waals surface area contributed by atoms with Gasteiger partial charge >= 0.3 is 0 Å². The number of aromatic nitrogens is 3. The Hall–Kier alpha value is -4.07. The van der Waals surface area contributed by atoms with E-state index < -0.39 is 0 Å². The number of benzene rings is 2. The fraction of sp³-hybridized carbons (Fsp3) is 0.0500. The smallest absolute Gasteiger partial charge is 0.259 e. The highest BCUT2D eigenvalue weighted by Crippen LogP contribution is 2.29. The molecule has 1 amide bonds. The van der Waals surface area contributed by atoms with Crippen molar-refractivity contribution in [1.82, 2.24) is 15.2 Å². The Kier molecular flexibility index (Phi) is 4.51. The number of hydrogen-bond donors (Lipinski definition) is 4. The largest absolute Gasteiger partial charge is 0.504 e. The Morgan fingerprint density at radius 1 is 1.14 bits per heavy atom. The van der Waals surface area contributed by atoms with Crippen molar-refractivity contribution in [2.24, 2.45) is 0 Å². The lowest BCUT2D eigenvalue weighted by Gasteiger charge is -2.12. The Bertz CT molecular complexity index is 1160. The third-order valence-corrected chi connectivity index (χ3v) is 4.19. The van der Waals surface area contributed by atoms with Crippen LogP contribution in [0, 0.1) is 0 Å². The first kappa shape index (κ1) is 17.3. The summed E-state index contributed by atoms with van der Waals surface area (Å²) in [4.78, 5) is 17.0. The lowest BCUT2D eigenvalue weighted by molar-refractivity contribution is 0.102. The molecule has 0 aliphatic rings. The second-order valence-corrected chi connectivity index (χ2v) is 6.04. The molecule has 0 radical (unpaired) electrons. The molecule has 0 saturated heterocycles. The van der Waals surface area contributed by atoms with Gasteiger partial charge in [0.15, 0.2) is 11.5 Å². The van der Waals surface area contributed by atoms with Crippen molar-refractivity contribution in [3.05, 3.63) is 66.5 Å². The van der Waals surface area contributed by atoms with Gasteiger partial charge in [0.25, 0.3) is 5.91 Å². The molecule has 140 valence electrons. The Balaban J connectivity index is 1.58. The summed E-state index contributed by atoms with van der Waals surface area (Å²) in [6.45, 7) is 0. The van der Waals surface area contributed by atoms with E-state index in [0.29, 0.717) is 22.8 Å². The van der Waals surface area contributed by atoms with Gasteiger partial charge in [0.1, 0.15) is 5.82 Å². The molecule has 4 aromatic rings. The van der Waals surface area contributed by atoms with Crippen molar-refractivity contribution in [2.75, 3.05) is 17.7 Å². The third-order valence-electron chi connectivity index (χ3n) is 4.19. The van der Waals surface area contributed by atoms with Gasteiger partial charge in [-0.3, -0.25) is 9.89 Å². The highest BCUT2D eigenvalue weighted by molar-refractivity contribution is 6.08. The van der Waals surface area contributed by atoms with Crippen molar-refractivity contribution in [3.63, 3.8) is 0 Å². The number of aromatic amines is 1. The molecular formula is C20H17N5O3. The predicted molar refractivity (Wildman–Crippen MR) is 106 cm³/mol. The van der Waals surface area contributed by atoms with Gasteiger partial charge in [0.2, 0.25) is 0 Å². The number of nitrogens with one attached hydrogen (secondary N) is 3. The summed E-state index contributed by atoms with van der Waals surface area (Å²) in [5.74, 6) is 0.327. The van der Waals surface area contributed by atoms with Crippen molar-refractivity contribution >= 4 is 34.0 Å². The summed E-state index contributed by atoms with van der Waals surface area (Å²) < 4.78 is 5.01. The molecule has 0 bridgehead atoms. The quantitative estimate of drug-likeness (QED) is 0.423. The number of carbonyl (C=O) groups excluding carboxylic acids is 1. The number of phenolic OH excluding ortho intramolecular Hbond substituents is 1. The van der Waals surface area contributed by atoms with E-state index in [1.807, 2.05) is 18.2 Å². The van der Waals surface area contributed by atoms with Crippen LogP contribution in [0.4, 0.5) is 17.2 Å². The minimum Gasteiger partial charge on any atom is -0.504 e. The zero-order chi connectivity index (χ0) is 19.5. The number of anilines is 3. The van der Waals surface area contributed by atoms with Crippen LogP contribution in [0.15, 0.2) is 60.9 Å². The lowest BCUT2D eigenvalue weighted by atomic mass is 10.2. The minimum absolute atomic E-state index is 0.0577. The van der Waals surface area contributed by atoms with Crippen LogP contribution in [0.2, 0.25) is 0 Å². The average molecular weight is 375 g/mol. The normalized spacial score (nSPS) is 10.6. The number of carbonyl (C=O) groups is 1. The predicted octanol–water partition coefficient (Wildman–Crippen LogP) is 3.67. The van der Waals surface area contributed by atoms with E-state index in [2.05, 4.69) is 25.8 Å². The summed E-state index contributed by atoms with van der Waals surface area (Å²) >= 11 is 0. The zero-order valence-electron chi connectivity index (χ0n) is 14.9. The molecule has 8 nitrogen and oxygen atoms in total. The highest BCUT2D eigenvalue weighted by Gasteiger charge is 2.14. The molecular weight excluding hydrogens is 358 g/mol. The number of rotatable bonds is 5. The first-order chi connectivity index (χ1) is 13.6. The van der Waals surface area contributed by atoms with Gasteiger partial charge in [0, 0.05) is 29.0 Å². The molecule has 2 aromatic heterocycles. The van der Waals surface area contributed by atoms with Gasteiger partial charge in [-0.05, 0) is 42.5 Å². The van der Waals surface area contributed by atoms with Crippen molar-refractivity contribution < 1.29 is 14.6 Å². The molecule has 0 fully saturated rings. The van der Waals surface area contributed by atoms with E-state index in [-0.39, 0.29) is 11.7 Å². The standard InChI is InChI=1S/C20H17N5O3/c1-28-18-7-6-14(10-17(18)26)24-20(27)15-3-2-8-21-19(15)23-13-5-4-12-11-22-25-16(12)9-13/h2-11,26H,1H3,(H,21,23)(H,22,25)(H,24,27). The molecule has 8 heteroatoms. The van der Waals surface area contributed by atoms with Gasteiger partial charge < -0.3 is 20.5 Å². The number of H-pyrrole nitrogens is 1. The minimum atomic E-state index is -0.359. The van der Waals surface area contributed by atoms with Crippen molar-refractivity contribution in [1.29, 1.82) is 0 Å². The van der Waals surface area contributed by atoms with Crippen LogP contribution in [0.1, 0.15) is 10.4 Å². The summed E-state index contributed by atoms with van der Waals surface area (Å²) in [5.41, 5.74) is 2.45. The first-order valence-corrected chi connectivity index (χ1v) is 8.47. The molecule has 0 saturated carbocycles. The topological polar surface area (TPSA) is 112 Å². The number of fused-ring (bicyclic) bond motifs is 1. The van der Waals surface area contributed by atoms with Crippen molar-refractivity contribution in [3.8, 4) is 11.5 Å². The van der Waals surface area contributed by atoms with E-state index in [9.17, 15) is 9.90 Å². The van der Waals surface area contributed by atoms with Crippen LogP contribution in [-0.2, 0) is 0 Å². The molecule has 0 aliphatic carbocycles. The number of methoxy groups -OCH3 is 1. The number of hydrogen-bond acceptors (Lipinski definition) is 6. The summed E-state index contributed by atoms with van der Waals surface area (Å²) in [7, 11) is 1.46. The summed E-state index contributed by atoms with van der Waals surface area (Å²) in [6.07, 6.45) is 3.34. The SMILES string of the molecule is COc1ccc(NC(=O)c2cccnc2Nc2ccc3cn[nH]c3c2)cc1O. The number of amides is 1. The summed E-state index contributed by atoms with van der Waals surface area (Å²) in [5, 5.41) is 23.7. The number of phenols is 1. The first-order valence-electron chi connectivity index (χ1n) is 8.47. The molecule has 4 rings (SSSR count). The van der Waals surface area contributed by atoms with Crippen LogP contribution >= 0.6 is 0 Å². The maximum atomic E-state index is 12.7. The molecule has 0 atom stereocenters. The van der Waals surface area contributed by atoms with Gasteiger partial charge in [-0.1, -0.05) is 0 Å². The molecule has 0 aliphatic heterocycles. The molecule has 0 spiro atoms. The fourth-order valence-corrected chi connectivity index (χ4v) is 2.81.